The summed E-state index contributed by atoms with van der Waals surface area (Å²) in [7, 11) is 0. The highest BCUT2D eigenvalue weighted by Gasteiger charge is 2.15. The van der Waals surface area contributed by atoms with Gasteiger partial charge >= 0.3 is 0 Å². The number of fused-ring (bicyclic) bond motifs is 2. The van der Waals surface area contributed by atoms with Crippen molar-refractivity contribution < 1.29 is 9.50 Å². The van der Waals surface area contributed by atoms with Gasteiger partial charge in [0, 0.05) is 61.3 Å². The second-order valence-corrected chi connectivity index (χ2v) is 8.10. The van der Waals surface area contributed by atoms with Crippen molar-refractivity contribution >= 4 is 34.1 Å². The minimum atomic E-state index is -0.470. The van der Waals surface area contributed by atoms with Crippen LogP contribution in [0, 0.1) is 5.82 Å². The molecule has 0 aliphatic carbocycles. The Balaban J connectivity index is 1.27. The predicted molar refractivity (Wildman–Crippen MR) is 127 cm³/mol. The summed E-state index contributed by atoms with van der Waals surface area (Å²) in [5.74, 6) is 0.905. The van der Waals surface area contributed by atoms with Crippen LogP contribution in [0.2, 0.25) is 0 Å². The van der Waals surface area contributed by atoms with Gasteiger partial charge < -0.3 is 25.6 Å². The quantitative estimate of drug-likeness (QED) is 0.317. The summed E-state index contributed by atoms with van der Waals surface area (Å²) in [5.41, 5.74) is 3.46. The number of aliphatic hydroxyl groups is 1. The number of imidazole rings is 1. The standard InChI is InChI=1S/C23H22FN9O/c24-19-7-14(12-33-16(13-34)9-28-22(19)33)17-10-27-21-18(17)11-29-23(31-21)30-15-1-2-20(26-8-15)32-5-3-25-4-6-32/h1-2,7-12,25,34H,3-6,13H2,(H2,27,29,30,31). The van der Waals surface area contributed by atoms with Gasteiger partial charge in [0.1, 0.15) is 11.5 Å². The molecule has 0 aromatic carbocycles. The fourth-order valence-corrected chi connectivity index (χ4v) is 4.23. The number of anilines is 3. The molecule has 4 N–H and O–H groups in total. The van der Waals surface area contributed by atoms with E-state index in [9.17, 15) is 9.50 Å². The summed E-state index contributed by atoms with van der Waals surface area (Å²) >= 11 is 0. The van der Waals surface area contributed by atoms with Crippen LogP contribution in [0.5, 0.6) is 0 Å². The van der Waals surface area contributed by atoms with E-state index in [2.05, 4.69) is 40.5 Å². The maximum Gasteiger partial charge on any atom is 0.229 e. The summed E-state index contributed by atoms with van der Waals surface area (Å²) < 4.78 is 16.2. The molecule has 0 amide bonds. The van der Waals surface area contributed by atoms with E-state index in [1.165, 1.54) is 12.3 Å². The Hall–Kier alpha value is -4.09. The van der Waals surface area contributed by atoms with E-state index >= 15 is 0 Å². The Morgan fingerprint density at radius 1 is 1.09 bits per heavy atom. The molecule has 172 valence electrons. The van der Waals surface area contributed by atoms with Gasteiger partial charge in [-0.15, -0.1) is 0 Å². The molecule has 0 unspecified atom stereocenters. The topological polar surface area (TPSA) is 119 Å². The molecule has 11 heteroatoms. The zero-order valence-electron chi connectivity index (χ0n) is 18.2. The number of piperazine rings is 1. The van der Waals surface area contributed by atoms with Crippen LogP contribution < -0.4 is 15.5 Å². The summed E-state index contributed by atoms with van der Waals surface area (Å²) in [4.78, 5) is 23.0. The lowest BCUT2D eigenvalue weighted by molar-refractivity contribution is 0.276. The van der Waals surface area contributed by atoms with E-state index in [1.807, 2.05) is 12.1 Å². The fourth-order valence-electron chi connectivity index (χ4n) is 4.23. The van der Waals surface area contributed by atoms with Crippen LogP contribution >= 0.6 is 0 Å². The minimum Gasteiger partial charge on any atom is -0.390 e. The lowest BCUT2D eigenvalue weighted by Crippen LogP contribution is -2.43. The third-order valence-corrected chi connectivity index (χ3v) is 5.99. The molecular formula is C23H22FN9O. The molecule has 34 heavy (non-hydrogen) atoms. The minimum absolute atomic E-state index is 0.173. The molecule has 0 spiro atoms. The maximum atomic E-state index is 14.6. The number of aromatic amines is 1. The van der Waals surface area contributed by atoms with Gasteiger partial charge in [-0.3, -0.25) is 4.40 Å². The van der Waals surface area contributed by atoms with Crippen LogP contribution in [-0.2, 0) is 6.61 Å². The van der Waals surface area contributed by atoms with Crippen molar-refractivity contribution in [2.45, 2.75) is 6.61 Å². The van der Waals surface area contributed by atoms with Crippen molar-refractivity contribution in [3.63, 3.8) is 0 Å². The van der Waals surface area contributed by atoms with E-state index in [0.29, 0.717) is 22.9 Å². The number of aliphatic hydroxyl groups excluding tert-OH is 1. The first-order chi connectivity index (χ1) is 16.7. The number of halogens is 1. The van der Waals surface area contributed by atoms with E-state index < -0.39 is 5.82 Å². The number of nitrogens with one attached hydrogen (secondary N) is 3. The van der Waals surface area contributed by atoms with Gasteiger partial charge in [0.15, 0.2) is 11.5 Å². The molecule has 0 bridgehead atoms. The monoisotopic (exact) mass is 459 g/mol. The molecule has 1 saturated heterocycles. The first kappa shape index (κ1) is 20.5. The highest BCUT2D eigenvalue weighted by Crippen LogP contribution is 2.30. The van der Waals surface area contributed by atoms with Crippen LogP contribution in [0.4, 0.5) is 21.8 Å². The van der Waals surface area contributed by atoms with Gasteiger partial charge in [0.05, 0.1) is 30.4 Å². The summed E-state index contributed by atoms with van der Waals surface area (Å²) in [6.45, 7) is 3.56. The van der Waals surface area contributed by atoms with Gasteiger partial charge in [0.2, 0.25) is 5.95 Å². The average Bonchev–Trinajstić information content (AvgIpc) is 3.49. The van der Waals surface area contributed by atoms with Gasteiger partial charge in [-0.1, -0.05) is 0 Å². The molecule has 0 saturated carbocycles. The Kier molecular flexibility index (Phi) is 5.04. The smallest absolute Gasteiger partial charge is 0.229 e. The van der Waals surface area contributed by atoms with E-state index in [0.717, 1.165) is 48.6 Å². The van der Waals surface area contributed by atoms with Gasteiger partial charge in [-0.2, -0.15) is 4.98 Å². The zero-order chi connectivity index (χ0) is 23.1. The van der Waals surface area contributed by atoms with Crippen molar-refractivity contribution in [1.29, 1.82) is 0 Å². The second kappa shape index (κ2) is 8.36. The lowest BCUT2D eigenvalue weighted by atomic mass is 10.1. The zero-order valence-corrected chi connectivity index (χ0v) is 18.2. The predicted octanol–water partition coefficient (Wildman–Crippen LogP) is 2.45. The Morgan fingerprint density at radius 2 is 1.97 bits per heavy atom. The maximum absolute atomic E-state index is 14.6. The molecule has 5 aromatic rings. The third kappa shape index (κ3) is 3.60. The largest absolute Gasteiger partial charge is 0.390 e. The fraction of sp³-hybridized carbons (Fsp3) is 0.217. The van der Waals surface area contributed by atoms with Gasteiger partial charge in [-0.05, 0) is 18.2 Å². The molecule has 0 atom stereocenters. The number of pyridine rings is 2. The molecule has 6 rings (SSSR count). The van der Waals surface area contributed by atoms with E-state index in [1.54, 1.807) is 29.2 Å². The van der Waals surface area contributed by atoms with Crippen LogP contribution in [0.25, 0.3) is 27.8 Å². The third-order valence-electron chi connectivity index (χ3n) is 5.99. The van der Waals surface area contributed by atoms with Gasteiger partial charge in [-0.25, -0.2) is 19.3 Å². The van der Waals surface area contributed by atoms with E-state index in [-0.39, 0.29) is 12.3 Å². The van der Waals surface area contributed by atoms with Crippen molar-refractivity contribution in [3.8, 4) is 11.1 Å². The number of rotatable bonds is 5. The molecule has 5 aromatic heterocycles. The number of nitrogens with zero attached hydrogens (tertiary/aromatic N) is 6. The molecule has 6 heterocycles. The Labute approximate surface area is 193 Å². The van der Waals surface area contributed by atoms with Gasteiger partial charge in [0.25, 0.3) is 0 Å². The Morgan fingerprint density at radius 3 is 2.76 bits per heavy atom. The van der Waals surface area contributed by atoms with Crippen molar-refractivity contribution in [1.82, 2.24) is 34.6 Å². The van der Waals surface area contributed by atoms with Crippen molar-refractivity contribution in [2.75, 3.05) is 36.4 Å². The second-order valence-electron chi connectivity index (χ2n) is 8.10. The number of hydrogen-bond acceptors (Lipinski definition) is 8. The number of aromatic nitrogens is 6. The summed E-state index contributed by atoms with van der Waals surface area (Å²) in [5, 5.41) is 16.8. The highest BCUT2D eigenvalue weighted by atomic mass is 19.1. The molecule has 1 aliphatic heterocycles. The molecular weight excluding hydrogens is 437 g/mol. The molecule has 10 nitrogen and oxygen atoms in total. The van der Waals surface area contributed by atoms with Crippen LogP contribution in [-0.4, -0.2) is 60.6 Å². The first-order valence-corrected chi connectivity index (χ1v) is 11.0. The first-order valence-electron chi connectivity index (χ1n) is 11.0. The van der Waals surface area contributed by atoms with E-state index in [4.69, 9.17) is 0 Å². The summed E-state index contributed by atoms with van der Waals surface area (Å²) in [6.07, 6.45) is 8.44. The molecule has 1 aliphatic rings. The average molecular weight is 459 g/mol. The normalized spacial score (nSPS) is 14.2. The van der Waals surface area contributed by atoms with Crippen molar-refractivity contribution in [2.24, 2.45) is 0 Å². The number of H-pyrrole nitrogens is 1. The highest BCUT2D eigenvalue weighted by molar-refractivity contribution is 5.93. The molecule has 1 fully saturated rings. The summed E-state index contributed by atoms with van der Waals surface area (Å²) in [6, 6.07) is 5.37. The number of hydrogen-bond donors (Lipinski definition) is 4. The Bertz CT molecular complexity index is 1470. The molecule has 0 radical (unpaired) electrons. The lowest BCUT2D eigenvalue weighted by Gasteiger charge is -2.28. The van der Waals surface area contributed by atoms with Crippen LogP contribution in [0.15, 0.2) is 49.2 Å². The SMILES string of the molecule is OCc1cnc2c(F)cc(-c3c[nH]c4nc(Nc5ccc(N6CCNCC6)nc5)ncc34)cn12. The van der Waals surface area contributed by atoms with Crippen LogP contribution in [0.1, 0.15) is 5.69 Å². The van der Waals surface area contributed by atoms with Crippen LogP contribution in [0.3, 0.4) is 0 Å². The van der Waals surface area contributed by atoms with Crippen molar-refractivity contribution in [3.05, 3.63) is 60.7 Å².